The Balaban J connectivity index is 1.97. The molecule has 1 atom stereocenters. The maximum absolute atomic E-state index is 12.1. The summed E-state index contributed by atoms with van der Waals surface area (Å²) in [4.78, 5) is 24.0. The minimum atomic E-state index is -0.640. The Morgan fingerprint density at radius 2 is 2.04 bits per heavy atom. The van der Waals surface area contributed by atoms with Gasteiger partial charge in [0.15, 0.2) is 11.5 Å². The van der Waals surface area contributed by atoms with Crippen LogP contribution in [0.5, 0.6) is 11.5 Å². The molecule has 130 valence electrons. The number of ether oxygens (including phenoxy) is 3. The maximum Gasteiger partial charge on any atom is 0.328 e. The Morgan fingerprint density at radius 1 is 1.29 bits per heavy atom. The van der Waals surface area contributed by atoms with Gasteiger partial charge in [-0.1, -0.05) is 19.9 Å². The van der Waals surface area contributed by atoms with Crippen molar-refractivity contribution in [1.29, 1.82) is 0 Å². The minimum Gasteiger partial charge on any atom is -0.464 e. The van der Waals surface area contributed by atoms with E-state index in [1.165, 1.54) is 6.08 Å². The monoisotopic (exact) mass is 333 g/mol. The highest BCUT2D eigenvalue weighted by Crippen LogP contribution is 2.32. The van der Waals surface area contributed by atoms with Crippen LogP contribution in [-0.2, 0) is 14.3 Å². The van der Waals surface area contributed by atoms with Crippen LogP contribution in [0.15, 0.2) is 24.3 Å². The van der Waals surface area contributed by atoms with E-state index in [0.29, 0.717) is 17.9 Å². The summed E-state index contributed by atoms with van der Waals surface area (Å²) >= 11 is 0. The molecule has 0 aliphatic carbocycles. The molecule has 1 aromatic carbocycles. The van der Waals surface area contributed by atoms with E-state index in [-0.39, 0.29) is 25.2 Å². The number of esters is 1. The molecular weight excluding hydrogens is 310 g/mol. The molecule has 1 heterocycles. The third kappa shape index (κ3) is 5.01. The van der Waals surface area contributed by atoms with Gasteiger partial charge in [0.2, 0.25) is 12.7 Å². The van der Waals surface area contributed by atoms with Gasteiger partial charge in [-0.2, -0.15) is 0 Å². The van der Waals surface area contributed by atoms with Crippen LogP contribution in [0.4, 0.5) is 0 Å². The molecule has 0 bridgehead atoms. The number of fused-ring (bicyclic) bond motifs is 1. The molecule has 1 aliphatic rings. The minimum absolute atomic E-state index is 0.208. The zero-order valence-corrected chi connectivity index (χ0v) is 14.2. The van der Waals surface area contributed by atoms with Crippen LogP contribution in [0, 0.1) is 5.92 Å². The Kier molecular flexibility index (Phi) is 6.23. The van der Waals surface area contributed by atoms with E-state index in [1.54, 1.807) is 25.1 Å². The Hall–Kier alpha value is -2.50. The van der Waals surface area contributed by atoms with Gasteiger partial charge in [0.1, 0.15) is 6.04 Å². The number of carbonyl (C=O) groups is 2. The SMILES string of the molecule is CCOC(=O)[C@H](CC(C)C)NC(=O)/C=C/c1ccc2c(c1)OCO2. The molecule has 0 aromatic heterocycles. The van der Waals surface area contributed by atoms with Crippen molar-refractivity contribution in [2.45, 2.75) is 33.2 Å². The normalized spacial score (nSPS) is 14.0. The van der Waals surface area contributed by atoms with Crippen LogP contribution in [0.2, 0.25) is 0 Å². The third-order valence-electron chi connectivity index (χ3n) is 3.42. The lowest BCUT2D eigenvalue weighted by Crippen LogP contribution is -2.42. The lowest BCUT2D eigenvalue weighted by Gasteiger charge is -2.18. The number of rotatable bonds is 7. The average molecular weight is 333 g/mol. The molecular formula is C18H23NO5. The summed E-state index contributed by atoms with van der Waals surface area (Å²) in [7, 11) is 0. The lowest BCUT2D eigenvalue weighted by molar-refractivity contribution is -0.147. The largest absolute Gasteiger partial charge is 0.464 e. The Morgan fingerprint density at radius 3 is 2.75 bits per heavy atom. The van der Waals surface area contributed by atoms with Gasteiger partial charge < -0.3 is 19.5 Å². The first-order valence-corrected chi connectivity index (χ1v) is 8.04. The summed E-state index contributed by atoms with van der Waals surface area (Å²) in [5.74, 6) is 0.859. The van der Waals surface area contributed by atoms with Crippen LogP contribution in [0.25, 0.3) is 6.08 Å². The number of nitrogens with one attached hydrogen (secondary N) is 1. The molecule has 0 unspecified atom stereocenters. The lowest BCUT2D eigenvalue weighted by atomic mass is 10.0. The van der Waals surface area contributed by atoms with Crippen LogP contribution < -0.4 is 14.8 Å². The van der Waals surface area contributed by atoms with Crippen molar-refractivity contribution < 1.29 is 23.8 Å². The van der Waals surface area contributed by atoms with Crippen LogP contribution >= 0.6 is 0 Å². The van der Waals surface area contributed by atoms with Gasteiger partial charge in [-0.3, -0.25) is 4.79 Å². The van der Waals surface area contributed by atoms with Crippen molar-refractivity contribution in [2.24, 2.45) is 5.92 Å². The molecule has 0 radical (unpaired) electrons. The van der Waals surface area contributed by atoms with E-state index in [0.717, 1.165) is 5.56 Å². The maximum atomic E-state index is 12.1. The molecule has 0 fully saturated rings. The van der Waals surface area contributed by atoms with Gasteiger partial charge >= 0.3 is 5.97 Å². The molecule has 1 aromatic rings. The highest BCUT2D eigenvalue weighted by Gasteiger charge is 2.22. The molecule has 24 heavy (non-hydrogen) atoms. The van der Waals surface area contributed by atoms with Crippen LogP contribution in [-0.4, -0.2) is 31.3 Å². The fraction of sp³-hybridized carbons (Fsp3) is 0.444. The van der Waals surface area contributed by atoms with Gasteiger partial charge in [0.25, 0.3) is 0 Å². The molecule has 6 heteroatoms. The molecule has 0 saturated heterocycles. The molecule has 0 saturated carbocycles. The van der Waals surface area contributed by atoms with Gasteiger partial charge in [-0.25, -0.2) is 4.79 Å². The van der Waals surface area contributed by atoms with Crippen molar-refractivity contribution in [3.8, 4) is 11.5 Å². The van der Waals surface area contributed by atoms with E-state index in [4.69, 9.17) is 14.2 Å². The van der Waals surface area contributed by atoms with Crippen molar-refractivity contribution in [3.05, 3.63) is 29.8 Å². The third-order valence-corrected chi connectivity index (χ3v) is 3.42. The second-order valence-electron chi connectivity index (χ2n) is 5.89. The second-order valence-corrected chi connectivity index (χ2v) is 5.89. The fourth-order valence-electron chi connectivity index (χ4n) is 2.34. The first-order chi connectivity index (χ1) is 11.5. The molecule has 1 amide bonds. The first kappa shape index (κ1) is 17.8. The number of benzene rings is 1. The highest BCUT2D eigenvalue weighted by atomic mass is 16.7. The second kappa shape index (κ2) is 8.38. The Labute approximate surface area is 141 Å². The zero-order valence-electron chi connectivity index (χ0n) is 14.2. The van der Waals surface area contributed by atoms with Gasteiger partial charge in [-0.15, -0.1) is 0 Å². The summed E-state index contributed by atoms with van der Waals surface area (Å²) in [5, 5.41) is 2.70. The van der Waals surface area contributed by atoms with Crippen LogP contribution in [0.1, 0.15) is 32.8 Å². The molecule has 1 N–H and O–H groups in total. The quantitative estimate of drug-likeness (QED) is 0.613. The topological polar surface area (TPSA) is 73.9 Å². The average Bonchev–Trinajstić information content (AvgIpc) is 2.99. The van der Waals surface area contributed by atoms with Crippen molar-refractivity contribution in [1.82, 2.24) is 5.32 Å². The summed E-state index contributed by atoms with van der Waals surface area (Å²) in [6, 6.07) is 4.77. The van der Waals surface area contributed by atoms with E-state index in [9.17, 15) is 9.59 Å². The zero-order chi connectivity index (χ0) is 17.5. The summed E-state index contributed by atoms with van der Waals surface area (Å²) in [6.45, 7) is 6.21. The Bertz CT molecular complexity index is 624. The van der Waals surface area contributed by atoms with Crippen molar-refractivity contribution >= 4 is 18.0 Å². The predicted octanol–water partition coefficient (Wildman–Crippen LogP) is 2.52. The summed E-state index contributed by atoms with van der Waals surface area (Å²) in [6.07, 6.45) is 3.58. The van der Waals surface area contributed by atoms with E-state index >= 15 is 0 Å². The summed E-state index contributed by atoms with van der Waals surface area (Å²) in [5.41, 5.74) is 0.811. The fourth-order valence-corrected chi connectivity index (χ4v) is 2.34. The van der Waals surface area contributed by atoms with E-state index in [2.05, 4.69) is 5.32 Å². The van der Waals surface area contributed by atoms with Crippen molar-refractivity contribution in [3.63, 3.8) is 0 Å². The first-order valence-electron chi connectivity index (χ1n) is 8.04. The molecule has 0 spiro atoms. The number of hydrogen-bond acceptors (Lipinski definition) is 5. The standard InChI is InChI=1S/C18H23NO5/c1-4-22-18(21)14(9-12(2)3)19-17(20)8-6-13-5-7-15-16(10-13)24-11-23-15/h5-8,10,12,14H,4,9,11H2,1-3H3,(H,19,20)/b8-6+/t14-/m0/s1. The smallest absolute Gasteiger partial charge is 0.328 e. The van der Waals surface area contributed by atoms with Crippen LogP contribution in [0.3, 0.4) is 0 Å². The highest BCUT2D eigenvalue weighted by molar-refractivity contribution is 5.94. The summed E-state index contributed by atoms with van der Waals surface area (Å²) < 4.78 is 15.5. The number of amides is 1. The van der Waals surface area contributed by atoms with Gasteiger partial charge in [0, 0.05) is 6.08 Å². The number of hydrogen-bond donors (Lipinski definition) is 1. The van der Waals surface area contributed by atoms with Gasteiger partial charge in [0.05, 0.1) is 6.61 Å². The number of carbonyl (C=O) groups excluding carboxylic acids is 2. The van der Waals surface area contributed by atoms with E-state index < -0.39 is 12.0 Å². The molecule has 2 rings (SSSR count). The van der Waals surface area contributed by atoms with E-state index in [1.807, 2.05) is 19.9 Å². The van der Waals surface area contributed by atoms with Crippen molar-refractivity contribution in [2.75, 3.05) is 13.4 Å². The molecule has 6 nitrogen and oxygen atoms in total. The molecule has 1 aliphatic heterocycles. The predicted molar refractivity (Wildman–Crippen MR) is 89.6 cm³/mol. The van der Waals surface area contributed by atoms with Gasteiger partial charge in [-0.05, 0) is 43.0 Å².